The number of nitrogens with one attached hydrogen (secondary N) is 1. The van der Waals surface area contributed by atoms with Crippen LogP contribution in [0.4, 0.5) is 0 Å². The van der Waals surface area contributed by atoms with Gasteiger partial charge in [-0.25, -0.2) is 0 Å². The number of rotatable bonds is 5. The highest BCUT2D eigenvalue weighted by Crippen LogP contribution is 2.27. The van der Waals surface area contributed by atoms with Crippen molar-refractivity contribution in [2.75, 3.05) is 39.3 Å². The molecule has 112 valence electrons. The van der Waals surface area contributed by atoms with Crippen molar-refractivity contribution in [2.24, 2.45) is 0 Å². The minimum absolute atomic E-state index is 0.428. The van der Waals surface area contributed by atoms with Crippen LogP contribution in [0.2, 0.25) is 0 Å². The maximum absolute atomic E-state index is 10.5. The van der Waals surface area contributed by atoms with E-state index < -0.39 is 6.10 Å². The lowest BCUT2D eigenvalue weighted by atomic mass is 9.99. The van der Waals surface area contributed by atoms with Crippen molar-refractivity contribution in [3.8, 4) is 5.75 Å². The van der Waals surface area contributed by atoms with E-state index in [0.717, 1.165) is 48.6 Å². The third kappa shape index (κ3) is 3.72. The summed E-state index contributed by atoms with van der Waals surface area (Å²) in [6.45, 7) is 11.5. The Morgan fingerprint density at radius 2 is 1.95 bits per heavy atom. The molecule has 0 amide bonds. The Hall–Kier alpha value is -1.10. The maximum atomic E-state index is 10.5. The molecular weight excluding hydrogens is 252 g/mol. The van der Waals surface area contributed by atoms with E-state index in [-0.39, 0.29) is 0 Å². The van der Waals surface area contributed by atoms with Crippen molar-refractivity contribution in [1.82, 2.24) is 10.2 Å². The van der Waals surface area contributed by atoms with Gasteiger partial charge in [0, 0.05) is 32.7 Å². The van der Waals surface area contributed by atoms with Crippen LogP contribution < -0.4 is 10.1 Å². The molecule has 0 spiro atoms. The Bertz CT molecular complexity index is 442. The fourth-order valence-electron chi connectivity index (χ4n) is 2.72. The van der Waals surface area contributed by atoms with Crippen LogP contribution in [0.25, 0.3) is 0 Å². The summed E-state index contributed by atoms with van der Waals surface area (Å²) in [5, 5.41) is 13.8. The quantitative estimate of drug-likeness (QED) is 0.859. The highest BCUT2D eigenvalue weighted by atomic mass is 16.5. The summed E-state index contributed by atoms with van der Waals surface area (Å²) in [6, 6.07) is 4.10. The third-order valence-electron chi connectivity index (χ3n) is 3.86. The van der Waals surface area contributed by atoms with Gasteiger partial charge in [0.2, 0.25) is 0 Å². The Balaban J connectivity index is 2.08. The van der Waals surface area contributed by atoms with Crippen molar-refractivity contribution in [2.45, 2.75) is 26.9 Å². The van der Waals surface area contributed by atoms with E-state index in [1.807, 2.05) is 26.8 Å². The molecule has 1 atom stereocenters. The van der Waals surface area contributed by atoms with Crippen molar-refractivity contribution in [1.29, 1.82) is 0 Å². The smallest absolute Gasteiger partial charge is 0.122 e. The topological polar surface area (TPSA) is 44.7 Å². The van der Waals surface area contributed by atoms with E-state index in [1.165, 1.54) is 0 Å². The zero-order chi connectivity index (χ0) is 14.5. The molecule has 4 heteroatoms. The number of piperazine rings is 1. The molecular formula is C16H26N2O2. The first-order chi connectivity index (χ1) is 9.61. The standard InChI is InChI=1S/C16H26N2O2/c1-4-20-16-10-12(2)14(9-13(16)3)15(19)11-18-7-5-17-6-8-18/h9-10,15,17,19H,4-8,11H2,1-3H3. The summed E-state index contributed by atoms with van der Waals surface area (Å²) in [6.07, 6.45) is -0.428. The third-order valence-corrected chi connectivity index (χ3v) is 3.86. The Labute approximate surface area is 121 Å². The molecule has 1 unspecified atom stereocenters. The highest BCUT2D eigenvalue weighted by molar-refractivity contribution is 5.42. The van der Waals surface area contributed by atoms with E-state index in [1.54, 1.807) is 0 Å². The Kier molecular flexibility index (Phi) is 5.40. The zero-order valence-corrected chi connectivity index (χ0v) is 12.8. The number of aryl methyl sites for hydroxylation is 2. The average molecular weight is 278 g/mol. The molecule has 0 aliphatic carbocycles. The van der Waals surface area contributed by atoms with Crippen molar-refractivity contribution in [3.63, 3.8) is 0 Å². The van der Waals surface area contributed by atoms with Gasteiger partial charge in [-0.15, -0.1) is 0 Å². The lowest BCUT2D eigenvalue weighted by Crippen LogP contribution is -2.45. The van der Waals surface area contributed by atoms with Crippen LogP contribution in [0, 0.1) is 13.8 Å². The predicted molar refractivity (Wildman–Crippen MR) is 81.4 cm³/mol. The van der Waals surface area contributed by atoms with Gasteiger partial charge in [-0.2, -0.15) is 0 Å². The van der Waals surface area contributed by atoms with Crippen LogP contribution >= 0.6 is 0 Å². The first-order valence-corrected chi connectivity index (χ1v) is 7.47. The van der Waals surface area contributed by atoms with E-state index in [0.29, 0.717) is 13.2 Å². The van der Waals surface area contributed by atoms with Gasteiger partial charge < -0.3 is 15.2 Å². The predicted octanol–water partition coefficient (Wildman–Crippen LogP) is 1.64. The second-order valence-electron chi connectivity index (χ2n) is 5.47. The number of β-amino-alcohol motifs (C(OH)–C–C–N with tert-alkyl or cyclic N) is 1. The molecule has 1 aromatic rings. The monoisotopic (exact) mass is 278 g/mol. The SMILES string of the molecule is CCOc1cc(C)c(C(O)CN2CCNCC2)cc1C. The van der Waals surface area contributed by atoms with Crippen LogP contribution in [0.1, 0.15) is 29.7 Å². The molecule has 4 nitrogen and oxygen atoms in total. The molecule has 1 aliphatic heterocycles. The van der Waals surface area contributed by atoms with Crippen molar-refractivity contribution >= 4 is 0 Å². The molecule has 1 aromatic carbocycles. The van der Waals surface area contributed by atoms with Gasteiger partial charge in [0.25, 0.3) is 0 Å². The van der Waals surface area contributed by atoms with Gasteiger partial charge in [0.15, 0.2) is 0 Å². The summed E-state index contributed by atoms with van der Waals surface area (Å²) < 4.78 is 5.60. The summed E-state index contributed by atoms with van der Waals surface area (Å²) in [5.41, 5.74) is 3.21. The highest BCUT2D eigenvalue weighted by Gasteiger charge is 2.18. The second kappa shape index (κ2) is 7.07. The van der Waals surface area contributed by atoms with Gasteiger partial charge in [-0.1, -0.05) is 0 Å². The number of ether oxygens (including phenoxy) is 1. The van der Waals surface area contributed by atoms with Gasteiger partial charge in [0.05, 0.1) is 12.7 Å². The lowest BCUT2D eigenvalue weighted by Gasteiger charge is -2.29. The molecule has 0 radical (unpaired) electrons. The summed E-state index contributed by atoms with van der Waals surface area (Å²) in [4.78, 5) is 2.31. The molecule has 20 heavy (non-hydrogen) atoms. The van der Waals surface area contributed by atoms with Crippen LogP contribution in [0.5, 0.6) is 5.75 Å². The van der Waals surface area contributed by atoms with Crippen molar-refractivity contribution < 1.29 is 9.84 Å². The molecule has 2 rings (SSSR count). The molecule has 0 bridgehead atoms. The minimum atomic E-state index is -0.428. The zero-order valence-electron chi connectivity index (χ0n) is 12.8. The van der Waals surface area contributed by atoms with Crippen LogP contribution in [0.15, 0.2) is 12.1 Å². The molecule has 1 fully saturated rings. The van der Waals surface area contributed by atoms with Crippen molar-refractivity contribution in [3.05, 3.63) is 28.8 Å². The number of benzene rings is 1. The van der Waals surface area contributed by atoms with Crippen LogP contribution in [-0.2, 0) is 0 Å². The van der Waals surface area contributed by atoms with Crippen LogP contribution in [0.3, 0.4) is 0 Å². The van der Waals surface area contributed by atoms with Gasteiger partial charge in [-0.05, 0) is 49.6 Å². The number of aliphatic hydroxyl groups excluding tert-OH is 1. The van der Waals surface area contributed by atoms with Gasteiger partial charge in [-0.3, -0.25) is 4.90 Å². The van der Waals surface area contributed by atoms with Gasteiger partial charge in [0.1, 0.15) is 5.75 Å². The van der Waals surface area contributed by atoms with Crippen LogP contribution in [-0.4, -0.2) is 49.3 Å². The van der Waals surface area contributed by atoms with E-state index in [2.05, 4.69) is 16.3 Å². The molecule has 1 aliphatic rings. The number of hydrogen-bond donors (Lipinski definition) is 2. The minimum Gasteiger partial charge on any atom is -0.494 e. The summed E-state index contributed by atoms with van der Waals surface area (Å²) in [5.74, 6) is 0.920. The fraction of sp³-hybridized carbons (Fsp3) is 0.625. The average Bonchev–Trinajstić information content (AvgIpc) is 2.43. The van der Waals surface area contributed by atoms with Gasteiger partial charge >= 0.3 is 0 Å². The first-order valence-electron chi connectivity index (χ1n) is 7.47. The number of hydrogen-bond acceptors (Lipinski definition) is 4. The summed E-state index contributed by atoms with van der Waals surface area (Å²) >= 11 is 0. The normalized spacial score (nSPS) is 18.0. The molecule has 1 heterocycles. The number of nitrogens with zero attached hydrogens (tertiary/aromatic N) is 1. The number of aliphatic hydroxyl groups is 1. The molecule has 0 aromatic heterocycles. The summed E-state index contributed by atoms with van der Waals surface area (Å²) in [7, 11) is 0. The first kappa shape index (κ1) is 15.3. The largest absolute Gasteiger partial charge is 0.494 e. The lowest BCUT2D eigenvalue weighted by molar-refractivity contribution is 0.105. The van der Waals surface area contributed by atoms with E-state index >= 15 is 0 Å². The van der Waals surface area contributed by atoms with E-state index in [4.69, 9.17) is 4.74 Å². The Morgan fingerprint density at radius 1 is 1.25 bits per heavy atom. The molecule has 2 N–H and O–H groups in total. The maximum Gasteiger partial charge on any atom is 0.122 e. The van der Waals surface area contributed by atoms with E-state index in [9.17, 15) is 5.11 Å². The second-order valence-corrected chi connectivity index (χ2v) is 5.47. The fourth-order valence-corrected chi connectivity index (χ4v) is 2.72. The molecule has 0 saturated carbocycles. The Morgan fingerprint density at radius 3 is 2.60 bits per heavy atom. The molecule has 1 saturated heterocycles.